The molecule has 1 unspecified atom stereocenters. The van der Waals surface area contributed by atoms with Gasteiger partial charge in [0.25, 0.3) is 0 Å². The molecule has 2 aliphatic rings. The molecule has 0 radical (unpaired) electrons. The third-order valence-corrected chi connectivity index (χ3v) is 8.46. The molecule has 1 fully saturated rings. The van der Waals surface area contributed by atoms with Gasteiger partial charge in [-0.15, -0.1) is 0 Å². The van der Waals surface area contributed by atoms with Crippen molar-refractivity contribution in [2.24, 2.45) is 11.3 Å². The lowest BCUT2D eigenvalue weighted by Gasteiger charge is -2.29. The summed E-state index contributed by atoms with van der Waals surface area (Å²) >= 11 is 0. The number of fused-ring (bicyclic) bond motifs is 1. The van der Waals surface area contributed by atoms with E-state index in [1.54, 1.807) is 6.07 Å². The van der Waals surface area contributed by atoms with Crippen molar-refractivity contribution in [3.05, 3.63) is 101 Å². The van der Waals surface area contributed by atoms with Crippen molar-refractivity contribution in [3.63, 3.8) is 0 Å². The van der Waals surface area contributed by atoms with Crippen molar-refractivity contribution in [1.29, 1.82) is 0 Å². The van der Waals surface area contributed by atoms with Gasteiger partial charge in [-0.1, -0.05) is 57.0 Å². The molecule has 43 heavy (non-hydrogen) atoms. The van der Waals surface area contributed by atoms with Gasteiger partial charge in [-0.3, -0.25) is 4.68 Å². The second kappa shape index (κ2) is 11.4. The Kier molecular flexibility index (Phi) is 7.60. The van der Waals surface area contributed by atoms with E-state index < -0.39 is 11.7 Å². The van der Waals surface area contributed by atoms with E-state index in [1.807, 2.05) is 49.5 Å². The number of nitrogens with zero attached hydrogens (tertiary/aromatic N) is 2. The number of halogens is 1. The van der Waals surface area contributed by atoms with E-state index >= 15 is 0 Å². The van der Waals surface area contributed by atoms with Crippen molar-refractivity contribution in [1.82, 2.24) is 31.3 Å². The predicted molar refractivity (Wildman–Crippen MR) is 169 cm³/mol. The zero-order valence-electron chi connectivity index (χ0n) is 25.2. The van der Waals surface area contributed by atoms with Gasteiger partial charge in [-0.25, -0.2) is 14.6 Å². The summed E-state index contributed by atoms with van der Waals surface area (Å²) in [7, 11) is 0. The van der Waals surface area contributed by atoms with Gasteiger partial charge in [0.2, 0.25) is 0 Å². The first-order valence-electron chi connectivity index (χ1n) is 15.0. The molecular weight excluding hydrogens is 541 g/mol. The Morgan fingerprint density at radius 2 is 1.88 bits per heavy atom. The third-order valence-electron chi connectivity index (χ3n) is 8.46. The molecule has 8 nitrogen and oxygen atoms in total. The van der Waals surface area contributed by atoms with E-state index in [0.29, 0.717) is 11.3 Å². The number of anilines is 2. The third kappa shape index (κ3) is 6.22. The van der Waals surface area contributed by atoms with E-state index in [9.17, 15) is 9.18 Å². The number of hydrogen-bond acceptors (Lipinski definition) is 5. The molecule has 5 N–H and O–H groups in total. The van der Waals surface area contributed by atoms with Gasteiger partial charge in [0.05, 0.1) is 11.7 Å². The second-order valence-electron chi connectivity index (χ2n) is 12.9. The molecule has 224 valence electrons. The van der Waals surface area contributed by atoms with E-state index in [0.717, 1.165) is 45.9 Å². The fraction of sp³-hybridized carbons (Fsp3) is 0.353. The number of carbonyl (C=O) groups is 1. The molecule has 6 rings (SSSR count). The predicted octanol–water partition coefficient (Wildman–Crippen LogP) is 6.72. The van der Waals surface area contributed by atoms with E-state index in [4.69, 9.17) is 0 Å². The molecule has 4 aromatic rings. The summed E-state index contributed by atoms with van der Waals surface area (Å²) in [6, 6.07) is 18.3. The molecule has 9 heteroatoms. The number of allylic oxidation sites excluding steroid dienone is 1. The number of aryl methyl sites for hydroxylation is 1. The van der Waals surface area contributed by atoms with Crippen LogP contribution in [-0.4, -0.2) is 15.8 Å². The van der Waals surface area contributed by atoms with Crippen LogP contribution < -0.4 is 26.8 Å². The Bertz CT molecular complexity index is 1670. The average molecular weight is 582 g/mol. The number of amides is 2. The summed E-state index contributed by atoms with van der Waals surface area (Å²) < 4.78 is 16.5. The molecule has 1 atom stereocenters. The fourth-order valence-corrected chi connectivity index (χ4v) is 5.59. The lowest BCUT2D eigenvalue weighted by atomic mass is 9.85. The van der Waals surface area contributed by atoms with Gasteiger partial charge < -0.3 is 21.4 Å². The van der Waals surface area contributed by atoms with Gasteiger partial charge in [0.1, 0.15) is 5.82 Å². The number of hydrogen-bond donors (Lipinski definition) is 5. The number of aromatic nitrogens is 2. The quantitative estimate of drug-likeness (QED) is 0.159. The molecular formula is C34H40FN7O. The van der Waals surface area contributed by atoms with E-state index in [-0.39, 0.29) is 17.8 Å². The number of benzene rings is 3. The van der Waals surface area contributed by atoms with Crippen molar-refractivity contribution in [2.75, 3.05) is 5.32 Å². The Hall–Kier alpha value is -4.37. The Morgan fingerprint density at radius 3 is 2.58 bits per heavy atom. The minimum atomic E-state index is -0.956. The molecule has 0 spiro atoms. The maximum Gasteiger partial charge on any atom is 0.317 e. The molecule has 2 heterocycles. The topological polar surface area (TPSA) is 95.0 Å². The number of carbonyl (C=O) groups excluding carboxylic acids is 1. The van der Waals surface area contributed by atoms with Crippen LogP contribution >= 0.6 is 0 Å². The Balaban J connectivity index is 1.17. The number of rotatable bonds is 8. The summed E-state index contributed by atoms with van der Waals surface area (Å²) in [5, 5.41) is 15.1. The minimum Gasteiger partial charge on any atom is -0.355 e. The highest BCUT2D eigenvalue weighted by Crippen LogP contribution is 2.33. The van der Waals surface area contributed by atoms with Crippen molar-refractivity contribution in [3.8, 4) is 0 Å². The van der Waals surface area contributed by atoms with Crippen molar-refractivity contribution in [2.45, 2.75) is 65.7 Å². The first-order valence-corrected chi connectivity index (χ1v) is 15.0. The summed E-state index contributed by atoms with van der Waals surface area (Å²) in [6.07, 6.45) is 7.76. The molecule has 1 saturated carbocycles. The smallest absolute Gasteiger partial charge is 0.317 e. The summed E-state index contributed by atoms with van der Waals surface area (Å²) in [5.74, 6) is 0.349. The maximum atomic E-state index is 14.4. The molecule has 0 saturated heterocycles. The normalized spacial score (nSPS) is 18.6. The average Bonchev–Trinajstić information content (AvgIpc) is 3.56. The molecule has 1 aliphatic carbocycles. The van der Waals surface area contributed by atoms with Crippen LogP contribution in [0.3, 0.4) is 0 Å². The SMILES string of the molecule is Cc1ccc(C2(NC(=O)NCc3cc(F)ccc3Nc3ccc4c(cnn4CC4CCC4)c3)C=C(C(C)(C)C)NN2)cc1. The highest BCUT2D eigenvalue weighted by Gasteiger charge is 2.39. The van der Waals surface area contributed by atoms with Gasteiger partial charge in [0.15, 0.2) is 5.66 Å². The van der Waals surface area contributed by atoms with Crippen LogP contribution in [0.25, 0.3) is 10.9 Å². The van der Waals surface area contributed by atoms with Crippen LogP contribution in [0.1, 0.15) is 56.7 Å². The Labute approximate surface area is 252 Å². The summed E-state index contributed by atoms with van der Waals surface area (Å²) in [6.45, 7) is 9.43. The van der Waals surface area contributed by atoms with E-state index in [2.05, 4.69) is 69.5 Å². The highest BCUT2D eigenvalue weighted by molar-refractivity contribution is 5.84. The molecule has 2 amide bonds. The van der Waals surface area contributed by atoms with Crippen LogP contribution in [0.5, 0.6) is 0 Å². The zero-order chi connectivity index (χ0) is 30.2. The van der Waals surface area contributed by atoms with Crippen LogP contribution in [0.15, 0.2) is 78.6 Å². The first-order chi connectivity index (χ1) is 20.6. The molecule has 1 aromatic heterocycles. The molecule has 3 aromatic carbocycles. The van der Waals surface area contributed by atoms with E-state index in [1.165, 1.54) is 31.4 Å². The largest absolute Gasteiger partial charge is 0.355 e. The summed E-state index contributed by atoms with van der Waals surface area (Å²) in [4.78, 5) is 13.3. The van der Waals surface area contributed by atoms with Gasteiger partial charge in [-0.2, -0.15) is 5.10 Å². The van der Waals surface area contributed by atoms with Gasteiger partial charge in [0, 0.05) is 41.0 Å². The second-order valence-corrected chi connectivity index (χ2v) is 12.9. The van der Waals surface area contributed by atoms with Crippen LogP contribution in [0.2, 0.25) is 0 Å². The Morgan fingerprint density at radius 1 is 1.09 bits per heavy atom. The van der Waals surface area contributed by atoms with Crippen LogP contribution in [0, 0.1) is 24.1 Å². The highest BCUT2D eigenvalue weighted by atomic mass is 19.1. The van der Waals surface area contributed by atoms with Crippen molar-refractivity contribution >= 4 is 28.3 Å². The number of nitrogens with one attached hydrogen (secondary N) is 5. The standard InChI is InChI=1S/C34H40FN7O/c1-22-8-10-26(11-9-22)34(18-31(40-41-34)33(2,3)4)39-32(43)36-19-24-16-27(35)12-14-29(24)38-28-13-15-30-25(17-28)20-37-42(30)21-23-6-5-7-23/h8-18,20,23,38,40-41H,5-7,19,21H2,1-4H3,(H2,36,39,43). The maximum absolute atomic E-state index is 14.4. The zero-order valence-corrected chi connectivity index (χ0v) is 25.2. The van der Waals surface area contributed by atoms with Crippen molar-refractivity contribution < 1.29 is 9.18 Å². The minimum absolute atomic E-state index is 0.126. The van der Waals surface area contributed by atoms with Gasteiger partial charge in [-0.05, 0) is 79.3 Å². The molecule has 1 aliphatic heterocycles. The van der Waals surface area contributed by atoms with Crippen LogP contribution in [-0.2, 0) is 18.8 Å². The fourth-order valence-electron chi connectivity index (χ4n) is 5.59. The van der Waals surface area contributed by atoms with Gasteiger partial charge >= 0.3 is 6.03 Å². The monoisotopic (exact) mass is 581 g/mol. The van der Waals surface area contributed by atoms with Crippen LogP contribution in [0.4, 0.5) is 20.6 Å². The lowest BCUT2D eigenvalue weighted by molar-refractivity contribution is 0.224. The summed E-state index contributed by atoms with van der Waals surface area (Å²) in [5.41, 5.74) is 11.7. The molecule has 0 bridgehead atoms. The lowest BCUT2D eigenvalue weighted by Crippen LogP contribution is -2.57. The number of hydrazine groups is 1. The first kappa shape index (κ1) is 28.7. The number of urea groups is 1.